The Morgan fingerprint density at radius 3 is 3.00 bits per heavy atom. The number of fused-ring (bicyclic) bond motifs is 1. The van der Waals surface area contributed by atoms with Crippen LogP contribution in [0.25, 0.3) is 0 Å². The molecule has 20 heavy (non-hydrogen) atoms. The Kier molecular flexibility index (Phi) is 4.22. The number of rotatable bonds is 3. The number of hydrogen-bond donors (Lipinski definition) is 1. The summed E-state index contributed by atoms with van der Waals surface area (Å²) in [7, 11) is 0. The molecule has 1 aliphatic carbocycles. The largest absolute Gasteiger partial charge is 0.374 e. The molecule has 0 aromatic carbocycles. The van der Waals surface area contributed by atoms with E-state index in [0.717, 1.165) is 25.3 Å². The zero-order valence-corrected chi connectivity index (χ0v) is 12.3. The van der Waals surface area contributed by atoms with Crippen LogP contribution in [0.15, 0.2) is 18.3 Å². The number of hydrogen-bond acceptors (Lipinski definition) is 4. The van der Waals surface area contributed by atoms with Gasteiger partial charge in [0.1, 0.15) is 0 Å². The van der Waals surface area contributed by atoms with Crippen molar-refractivity contribution in [3.05, 3.63) is 24.0 Å². The van der Waals surface area contributed by atoms with E-state index in [-0.39, 0.29) is 6.04 Å². The molecule has 1 saturated heterocycles. The standard InChI is InChI=1S/C16H25N3O/c1-2-13(17)14-8-7-12(11-18-14)19-9-10-20-16-6-4-3-5-15(16)19/h7-8,11,13,15-16H,2-6,9-10,17H2,1H3/t13-,15?,16?/m1/s1. The Morgan fingerprint density at radius 2 is 2.25 bits per heavy atom. The molecule has 2 N–H and O–H groups in total. The molecule has 0 spiro atoms. The average molecular weight is 275 g/mol. The van der Waals surface area contributed by atoms with Crippen molar-refractivity contribution in [2.75, 3.05) is 18.1 Å². The Bertz CT molecular complexity index is 432. The highest BCUT2D eigenvalue weighted by atomic mass is 16.5. The van der Waals surface area contributed by atoms with Crippen molar-refractivity contribution in [1.29, 1.82) is 0 Å². The molecule has 110 valence electrons. The van der Waals surface area contributed by atoms with E-state index < -0.39 is 0 Å². The van der Waals surface area contributed by atoms with Gasteiger partial charge < -0.3 is 15.4 Å². The molecule has 2 unspecified atom stereocenters. The SMILES string of the molecule is CC[C@@H](N)c1ccc(N2CCOC3CCCCC32)cn1. The number of anilines is 1. The van der Waals surface area contributed by atoms with E-state index in [9.17, 15) is 0 Å². The monoisotopic (exact) mass is 275 g/mol. The van der Waals surface area contributed by atoms with Gasteiger partial charge in [-0.25, -0.2) is 0 Å². The summed E-state index contributed by atoms with van der Waals surface area (Å²) in [5.74, 6) is 0. The lowest BCUT2D eigenvalue weighted by molar-refractivity contribution is -0.00870. The van der Waals surface area contributed by atoms with Gasteiger partial charge in [-0.05, 0) is 31.4 Å². The lowest BCUT2D eigenvalue weighted by Gasteiger charge is -2.45. The Hall–Kier alpha value is -1.13. The van der Waals surface area contributed by atoms with Crippen molar-refractivity contribution < 1.29 is 4.74 Å². The van der Waals surface area contributed by atoms with E-state index in [1.807, 2.05) is 6.20 Å². The van der Waals surface area contributed by atoms with Gasteiger partial charge in [-0.3, -0.25) is 4.98 Å². The summed E-state index contributed by atoms with van der Waals surface area (Å²) in [6.07, 6.45) is 8.38. The van der Waals surface area contributed by atoms with Gasteiger partial charge in [0.2, 0.25) is 0 Å². The molecule has 2 fully saturated rings. The maximum absolute atomic E-state index is 6.03. The third kappa shape index (κ3) is 2.67. The van der Waals surface area contributed by atoms with Gasteiger partial charge in [-0.15, -0.1) is 0 Å². The fourth-order valence-corrected chi connectivity index (χ4v) is 3.41. The van der Waals surface area contributed by atoms with Crippen molar-refractivity contribution in [1.82, 2.24) is 4.98 Å². The van der Waals surface area contributed by atoms with Crippen molar-refractivity contribution >= 4 is 5.69 Å². The summed E-state index contributed by atoms with van der Waals surface area (Å²) >= 11 is 0. The first-order valence-corrected chi connectivity index (χ1v) is 7.89. The lowest BCUT2D eigenvalue weighted by Crippen LogP contribution is -2.52. The molecule has 0 bridgehead atoms. The Morgan fingerprint density at radius 1 is 1.40 bits per heavy atom. The van der Waals surface area contributed by atoms with Crippen molar-refractivity contribution in [2.24, 2.45) is 5.73 Å². The van der Waals surface area contributed by atoms with Gasteiger partial charge >= 0.3 is 0 Å². The topological polar surface area (TPSA) is 51.4 Å². The second-order valence-corrected chi connectivity index (χ2v) is 5.91. The second-order valence-electron chi connectivity index (χ2n) is 5.91. The molecule has 4 nitrogen and oxygen atoms in total. The minimum Gasteiger partial charge on any atom is -0.374 e. The van der Waals surface area contributed by atoms with Crippen LogP contribution in [0.1, 0.15) is 50.8 Å². The molecule has 3 rings (SSSR count). The molecule has 1 saturated carbocycles. The minimum absolute atomic E-state index is 0.0520. The number of morpholine rings is 1. The molecule has 2 aliphatic rings. The molecule has 0 amide bonds. The van der Waals surface area contributed by atoms with Gasteiger partial charge in [0.15, 0.2) is 0 Å². The molecule has 4 heteroatoms. The van der Waals surface area contributed by atoms with E-state index in [1.54, 1.807) is 0 Å². The van der Waals surface area contributed by atoms with Crippen LogP contribution in [-0.2, 0) is 4.74 Å². The zero-order valence-electron chi connectivity index (χ0n) is 12.3. The molecule has 1 aromatic heterocycles. The summed E-state index contributed by atoms with van der Waals surface area (Å²) in [5.41, 5.74) is 8.24. The number of nitrogens with zero attached hydrogens (tertiary/aromatic N) is 2. The summed E-state index contributed by atoms with van der Waals surface area (Å²) < 4.78 is 5.93. The smallest absolute Gasteiger partial charge is 0.0779 e. The van der Waals surface area contributed by atoms with E-state index in [1.165, 1.54) is 31.4 Å². The van der Waals surface area contributed by atoms with Gasteiger partial charge in [-0.2, -0.15) is 0 Å². The number of nitrogens with two attached hydrogens (primary N) is 1. The average Bonchev–Trinajstić information content (AvgIpc) is 2.54. The summed E-state index contributed by atoms with van der Waals surface area (Å²) in [6.45, 7) is 3.90. The van der Waals surface area contributed by atoms with E-state index in [4.69, 9.17) is 10.5 Å². The van der Waals surface area contributed by atoms with Crippen LogP contribution in [0.4, 0.5) is 5.69 Å². The van der Waals surface area contributed by atoms with E-state index in [2.05, 4.69) is 28.9 Å². The second kappa shape index (κ2) is 6.10. The number of ether oxygens (including phenoxy) is 1. The lowest BCUT2D eigenvalue weighted by atomic mass is 9.90. The van der Waals surface area contributed by atoms with Crippen LogP contribution < -0.4 is 10.6 Å². The van der Waals surface area contributed by atoms with Crippen molar-refractivity contribution in [3.8, 4) is 0 Å². The Labute approximate surface area is 121 Å². The normalized spacial score (nSPS) is 28.0. The zero-order chi connectivity index (χ0) is 13.9. The predicted molar refractivity (Wildman–Crippen MR) is 80.8 cm³/mol. The van der Waals surface area contributed by atoms with Crippen LogP contribution in [0.3, 0.4) is 0 Å². The molecular weight excluding hydrogens is 250 g/mol. The minimum atomic E-state index is 0.0520. The first kappa shape index (κ1) is 13.8. The predicted octanol–water partition coefficient (Wildman–Crippen LogP) is 2.64. The first-order chi connectivity index (χ1) is 9.79. The van der Waals surface area contributed by atoms with Gasteiger partial charge in [0.25, 0.3) is 0 Å². The summed E-state index contributed by atoms with van der Waals surface area (Å²) in [4.78, 5) is 7.04. The molecule has 0 radical (unpaired) electrons. The van der Waals surface area contributed by atoms with Crippen molar-refractivity contribution in [3.63, 3.8) is 0 Å². The van der Waals surface area contributed by atoms with E-state index in [0.29, 0.717) is 12.1 Å². The maximum atomic E-state index is 6.03. The van der Waals surface area contributed by atoms with Crippen molar-refractivity contribution in [2.45, 2.75) is 57.2 Å². The molecule has 1 aliphatic heterocycles. The highest BCUT2D eigenvalue weighted by Crippen LogP contribution is 2.31. The fourth-order valence-electron chi connectivity index (χ4n) is 3.41. The molecular formula is C16H25N3O. The fraction of sp³-hybridized carbons (Fsp3) is 0.688. The van der Waals surface area contributed by atoms with Crippen LogP contribution in [0, 0.1) is 0 Å². The first-order valence-electron chi connectivity index (χ1n) is 7.89. The van der Waals surface area contributed by atoms with Gasteiger partial charge in [0, 0.05) is 12.6 Å². The number of aromatic nitrogens is 1. The summed E-state index contributed by atoms with van der Waals surface area (Å²) in [6, 6.07) is 4.84. The quantitative estimate of drug-likeness (QED) is 0.921. The number of pyridine rings is 1. The molecule has 2 heterocycles. The van der Waals surface area contributed by atoms with Crippen LogP contribution in [-0.4, -0.2) is 30.3 Å². The molecule has 3 atom stereocenters. The van der Waals surface area contributed by atoms with Gasteiger partial charge in [-0.1, -0.05) is 19.8 Å². The van der Waals surface area contributed by atoms with Crippen LogP contribution in [0.2, 0.25) is 0 Å². The third-order valence-corrected chi connectivity index (χ3v) is 4.65. The summed E-state index contributed by atoms with van der Waals surface area (Å²) in [5, 5.41) is 0. The highest BCUT2D eigenvalue weighted by molar-refractivity contribution is 5.47. The van der Waals surface area contributed by atoms with E-state index >= 15 is 0 Å². The van der Waals surface area contributed by atoms with Crippen LogP contribution >= 0.6 is 0 Å². The highest BCUT2D eigenvalue weighted by Gasteiger charge is 2.34. The van der Waals surface area contributed by atoms with Gasteiger partial charge in [0.05, 0.1) is 36.3 Å². The third-order valence-electron chi connectivity index (χ3n) is 4.65. The maximum Gasteiger partial charge on any atom is 0.0779 e. The molecule has 1 aromatic rings. The van der Waals surface area contributed by atoms with Crippen LogP contribution in [0.5, 0.6) is 0 Å². The Balaban J connectivity index is 1.77.